The van der Waals surface area contributed by atoms with E-state index in [-0.39, 0.29) is 31.1 Å². The quantitative estimate of drug-likeness (QED) is 0.704. The largest absolute Gasteiger partial charge is 0.494 e. The number of carbonyl (C=O) groups excluding carboxylic acids is 1. The molecule has 1 saturated heterocycles. The van der Waals surface area contributed by atoms with Gasteiger partial charge in [-0.05, 0) is 49.4 Å². The summed E-state index contributed by atoms with van der Waals surface area (Å²) in [4.78, 5) is 13.3. The van der Waals surface area contributed by atoms with Crippen LogP contribution in [0.15, 0.2) is 30.3 Å². The third-order valence-electron chi connectivity index (χ3n) is 5.62. The van der Waals surface area contributed by atoms with Gasteiger partial charge in [-0.15, -0.1) is 0 Å². The van der Waals surface area contributed by atoms with Crippen LogP contribution in [0.4, 0.5) is 4.39 Å². The van der Waals surface area contributed by atoms with E-state index in [0.717, 1.165) is 35.3 Å². The van der Waals surface area contributed by atoms with Crippen LogP contribution in [-0.4, -0.2) is 37.7 Å². The van der Waals surface area contributed by atoms with E-state index in [2.05, 4.69) is 6.07 Å². The summed E-state index contributed by atoms with van der Waals surface area (Å²) in [6.45, 7) is 5.59. The molecule has 2 aromatic rings. The van der Waals surface area contributed by atoms with Crippen molar-refractivity contribution in [1.29, 1.82) is 0 Å². The van der Waals surface area contributed by atoms with Gasteiger partial charge in [0.05, 0.1) is 13.2 Å². The average molecular weight is 385 g/mol. The Kier molecular flexibility index (Phi) is 5.22. The van der Waals surface area contributed by atoms with Crippen LogP contribution >= 0.6 is 0 Å². The first-order chi connectivity index (χ1) is 13.6. The zero-order valence-electron chi connectivity index (χ0n) is 16.1. The van der Waals surface area contributed by atoms with E-state index in [1.165, 1.54) is 6.07 Å². The smallest absolute Gasteiger partial charge is 0.231 e. The molecule has 2 atom stereocenters. The van der Waals surface area contributed by atoms with Gasteiger partial charge in [0.2, 0.25) is 6.79 Å². The summed E-state index contributed by atoms with van der Waals surface area (Å²) < 4.78 is 31.2. The molecule has 2 aliphatic heterocycles. The monoisotopic (exact) mass is 385 g/mol. The van der Waals surface area contributed by atoms with Crippen molar-refractivity contribution < 1.29 is 23.4 Å². The van der Waals surface area contributed by atoms with Gasteiger partial charge in [0, 0.05) is 24.2 Å². The second-order valence-electron chi connectivity index (χ2n) is 7.20. The van der Waals surface area contributed by atoms with Crippen molar-refractivity contribution in [2.75, 3.05) is 26.5 Å². The molecule has 0 amide bonds. The molecule has 2 aliphatic rings. The fourth-order valence-corrected chi connectivity index (χ4v) is 4.35. The summed E-state index contributed by atoms with van der Waals surface area (Å²) in [5.41, 5.74) is 2.82. The summed E-state index contributed by atoms with van der Waals surface area (Å²) in [6, 6.07) is 8.83. The molecule has 0 radical (unpaired) electrons. The molecule has 2 unspecified atom stereocenters. The average Bonchev–Trinajstić information content (AvgIpc) is 3.31. The van der Waals surface area contributed by atoms with E-state index in [9.17, 15) is 9.18 Å². The Hall–Kier alpha value is -2.60. The molecule has 2 heterocycles. The molecule has 0 spiro atoms. The zero-order valence-corrected chi connectivity index (χ0v) is 16.1. The number of likely N-dealkylation sites (tertiary alicyclic amines) is 1. The molecule has 0 saturated carbocycles. The van der Waals surface area contributed by atoms with Crippen LogP contribution in [-0.2, 0) is 4.79 Å². The van der Waals surface area contributed by atoms with E-state index in [1.807, 2.05) is 24.8 Å². The number of aldehydes is 1. The third kappa shape index (κ3) is 3.33. The van der Waals surface area contributed by atoms with Gasteiger partial charge >= 0.3 is 0 Å². The number of carbonyl (C=O) groups is 1. The summed E-state index contributed by atoms with van der Waals surface area (Å²) in [6.07, 6.45) is 1.62. The Balaban J connectivity index is 1.63. The van der Waals surface area contributed by atoms with Gasteiger partial charge in [-0.25, -0.2) is 4.39 Å². The second kappa shape index (κ2) is 7.80. The fraction of sp³-hybridized carbons (Fsp3) is 0.409. The summed E-state index contributed by atoms with van der Waals surface area (Å²) in [7, 11) is 0. The van der Waals surface area contributed by atoms with Crippen LogP contribution in [0.1, 0.15) is 42.0 Å². The highest BCUT2D eigenvalue weighted by molar-refractivity contribution is 5.54. The third-order valence-corrected chi connectivity index (χ3v) is 5.62. The maximum absolute atomic E-state index is 14.8. The minimum atomic E-state index is -0.296. The Bertz CT molecular complexity index is 885. The van der Waals surface area contributed by atoms with E-state index in [0.29, 0.717) is 24.5 Å². The summed E-state index contributed by atoms with van der Waals surface area (Å²) in [5, 5.41) is 0. The lowest BCUT2D eigenvalue weighted by molar-refractivity contribution is -0.109. The number of ether oxygens (including phenoxy) is 3. The van der Waals surface area contributed by atoms with Crippen molar-refractivity contribution >= 4 is 6.29 Å². The molecule has 2 aromatic carbocycles. The highest BCUT2D eigenvalue weighted by atomic mass is 19.1. The first-order valence-corrected chi connectivity index (χ1v) is 9.61. The van der Waals surface area contributed by atoms with Gasteiger partial charge in [0.1, 0.15) is 17.9 Å². The highest BCUT2D eigenvalue weighted by Crippen LogP contribution is 2.46. The Morgan fingerprint density at radius 3 is 2.82 bits per heavy atom. The fourth-order valence-electron chi connectivity index (χ4n) is 4.35. The Morgan fingerprint density at radius 2 is 2.07 bits per heavy atom. The molecule has 4 rings (SSSR count). The zero-order chi connectivity index (χ0) is 19.7. The predicted octanol–water partition coefficient (Wildman–Crippen LogP) is 3.99. The van der Waals surface area contributed by atoms with Crippen molar-refractivity contribution in [1.82, 2.24) is 4.90 Å². The number of fused-ring (bicyclic) bond motifs is 1. The first-order valence-electron chi connectivity index (χ1n) is 9.61. The summed E-state index contributed by atoms with van der Waals surface area (Å²) in [5.74, 6) is 1.96. The second-order valence-corrected chi connectivity index (χ2v) is 7.20. The van der Waals surface area contributed by atoms with Crippen molar-refractivity contribution in [3.8, 4) is 17.2 Å². The molecular weight excluding hydrogens is 361 g/mol. The molecule has 6 heteroatoms. The van der Waals surface area contributed by atoms with Crippen molar-refractivity contribution in [3.05, 3.63) is 52.8 Å². The van der Waals surface area contributed by atoms with Gasteiger partial charge in [0.25, 0.3) is 0 Å². The molecule has 0 aliphatic carbocycles. The lowest BCUT2D eigenvalue weighted by atomic mass is 9.90. The van der Waals surface area contributed by atoms with Crippen molar-refractivity contribution in [3.63, 3.8) is 0 Å². The van der Waals surface area contributed by atoms with Gasteiger partial charge < -0.3 is 19.0 Å². The number of halogens is 1. The molecular formula is C22H24FNO4. The molecule has 0 aromatic heterocycles. The van der Waals surface area contributed by atoms with E-state index >= 15 is 0 Å². The van der Waals surface area contributed by atoms with Crippen molar-refractivity contribution in [2.45, 2.75) is 32.2 Å². The number of nitrogens with zero attached hydrogens (tertiary/aromatic N) is 1. The van der Waals surface area contributed by atoms with Crippen molar-refractivity contribution in [2.24, 2.45) is 0 Å². The maximum Gasteiger partial charge on any atom is 0.231 e. The topological polar surface area (TPSA) is 48.0 Å². The van der Waals surface area contributed by atoms with Crippen LogP contribution in [0.3, 0.4) is 0 Å². The lowest BCUT2D eigenvalue weighted by Crippen LogP contribution is -2.26. The molecule has 5 nitrogen and oxygen atoms in total. The van der Waals surface area contributed by atoms with Crippen LogP contribution in [0.25, 0.3) is 0 Å². The minimum absolute atomic E-state index is 0.157. The normalized spacial score (nSPS) is 21.1. The number of hydrogen-bond donors (Lipinski definition) is 0. The van der Waals surface area contributed by atoms with Gasteiger partial charge in [-0.3, -0.25) is 4.90 Å². The lowest BCUT2D eigenvalue weighted by Gasteiger charge is -2.23. The summed E-state index contributed by atoms with van der Waals surface area (Å²) >= 11 is 0. The highest BCUT2D eigenvalue weighted by Gasteiger charge is 2.36. The van der Waals surface area contributed by atoms with E-state index in [4.69, 9.17) is 14.2 Å². The van der Waals surface area contributed by atoms with Crippen LogP contribution < -0.4 is 14.2 Å². The number of benzene rings is 2. The maximum atomic E-state index is 14.8. The minimum Gasteiger partial charge on any atom is -0.494 e. The van der Waals surface area contributed by atoms with Gasteiger partial charge in [-0.1, -0.05) is 12.1 Å². The molecule has 0 bridgehead atoms. The van der Waals surface area contributed by atoms with Gasteiger partial charge in [-0.2, -0.15) is 0 Å². The first kappa shape index (κ1) is 18.7. The molecule has 148 valence electrons. The Morgan fingerprint density at radius 1 is 1.25 bits per heavy atom. The molecule has 1 fully saturated rings. The Labute approximate surface area is 164 Å². The molecule has 28 heavy (non-hydrogen) atoms. The number of hydrogen-bond acceptors (Lipinski definition) is 5. The standard InChI is InChI=1S/C22H24FNO4/c1-3-26-16-4-5-18(19(23)11-16)20-10-15(12-24(20)8-9-25)17-6-7-21-22(14(17)2)28-13-27-21/h4-7,9,11,15,20H,3,8,10,12-13H2,1-2H3. The van der Waals surface area contributed by atoms with Crippen LogP contribution in [0.2, 0.25) is 0 Å². The van der Waals surface area contributed by atoms with Crippen LogP contribution in [0.5, 0.6) is 17.2 Å². The van der Waals surface area contributed by atoms with E-state index < -0.39 is 0 Å². The SMILES string of the molecule is CCOc1ccc(C2CC(c3ccc4c(c3C)OCO4)CN2CC=O)c(F)c1. The molecule has 0 N–H and O–H groups in total. The number of rotatable bonds is 6. The van der Waals surface area contributed by atoms with E-state index in [1.54, 1.807) is 12.1 Å². The predicted molar refractivity (Wildman–Crippen MR) is 103 cm³/mol. The van der Waals surface area contributed by atoms with Gasteiger partial charge in [0.15, 0.2) is 11.5 Å². The van der Waals surface area contributed by atoms with Crippen LogP contribution in [0, 0.1) is 12.7 Å².